The Kier molecular flexibility index (Phi) is 3.98. The van der Waals surface area contributed by atoms with Crippen molar-refractivity contribution in [3.63, 3.8) is 0 Å². The Morgan fingerprint density at radius 1 is 1.00 bits per heavy atom. The smallest absolute Gasteiger partial charge is 0.0711 e. The van der Waals surface area contributed by atoms with Crippen molar-refractivity contribution in [3.05, 3.63) is 66.4 Å². The van der Waals surface area contributed by atoms with Crippen molar-refractivity contribution in [2.24, 2.45) is 0 Å². The molecular weight excluding hydrogens is 369 g/mol. The summed E-state index contributed by atoms with van der Waals surface area (Å²) in [6.07, 6.45) is 3.07. The third-order valence-electron chi connectivity index (χ3n) is 4.06. The molecule has 0 aliphatic rings. The summed E-state index contributed by atoms with van der Waals surface area (Å²) in [5.74, 6) is 0. The van der Waals surface area contributed by atoms with Gasteiger partial charge in [-0.25, -0.2) is 0 Å². The van der Waals surface area contributed by atoms with Crippen LogP contribution < -0.4 is 0 Å². The predicted molar refractivity (Wildman–Crippen MR) is 98.8 cm³/mol. The van der Waals surface area contributed by atoms with Crippen LogP contribution in [0, 0.1) is 0 Å². The molecule has 21 heavy (non-hydrogen) atoms. The van der Waals surface area contributed by atoms with Gasteiger partial charge in [-0.1, -0.05) is 78.0 Å². The molecular formula is C19H18IN. The van der Waals surface area contributed by atoms with Gasteiger partial charge in [0, 0.05) is 20.6 Å². The summed E-state index contributed by atoms with van der Waals surface area (Å²) in [5, 5.41) is 2.43. The van der Waals surface area contributed by atoms with E-state index in [1.54, 1.807) is 0 Å². The number of hydrogen-bond acceptors (Lipinski definition) is 1. The van der Waals surface area contributed by atoms with E-state index in [0.29, 0.717) is 0 Å². The highest BCUT2D eigenvalue weighted by atomic mass is 127. The second-order valence-corrected chi connectivity index (χ2v) is 7.89. The highest BCUT2D eigenvalue weighted by Gasteiger charge is 2.24. The zero-order valence-electron chi connectivity index (χ0n) is 12.3. The maximum Gasteiger partial charge on any atom is 0.0711 e. The lowest BCUT2D eigenvalue weighted by Gasteiger charge is -2.24. The quantitative estimate of drug-likeness (QED) is 0.399. The standard InChI is InChI=1S/C19H18IN/c1-3-19(2,20)17-11-7-6-10-16(17)18-12-14-8-4-5-9-15(14)13-21-18/h4-13H,3H2,1-2H3. The van der Waals surface area contributed by atoms with Gasteiger partial charge in [0.15, 0.2) is 0 Å². The number of halogens is 1. The molecule has 106 valence electrons. The molecule has 1 nitrogen and oxygen atoms in total. The molecule has 0 spiro atoms. The van der Waals surface area contributed by atoms with Crippen LogP contribution in [0.5, 0.6) is 0 Å². The number of aromatic nitrogens is 1. The number of alkyl halides is 1. The van der Waals surface area contributed by atoms with Crippen molar-refractivity contribution >= 4 is 33.4 Å². The highest BCUT2D eigenvalue weighted by Crippen LogP contribution is 2.40. The van der Waals surface area contributed by atoms with Crippen molar-refractivity contribution in [1.82, 2.24) is 4.98 Å². The van der Waals surface area contributed by atoms with E-state index in [1.165, 1.54) is 21.9 Å². The zero-order chi connectivity index (χ0) is 14.9. The minimum atomic E-state index is 0.127. The second kappa shape index (κ2) is 5.76. The Labute approximate surface area is 139 Å². The Morgan fingerprint density at radius 3 is 2.43 bits per heavy atom. The van der Waals surface area contributed by atoms with Crippen LogP contribution in [0.4, 0.5) is 0 Å². The van der Waals surface area contributed by atoms with E-state index in [2.05, 4.69) is 96.0 Å². The SMILES string of the molecule is CCC(C)(I)c1ccccc1-c1cc2ccccc2cn1. The first-order valence-electron chi connectivity index (χ1n) is 7.25. The molecule has 0 aliphatic carbocycles. The molecule has 0 saturated carbocycles. The fourth-order valence-electron chi connectivity index (χ4n) is 2.58. The first-order chi connectivity index (χ1) is 10.1. The number of hydrogen-bond donors (Lipinski definition) is 0. The van der Waals surface area contributed by atoms with Gasteiger partial charge in [0.05, 0.1) is 5.69 Å². The lowest BCUT2D eigenvalue weighted by molar-refractivity contribution is 0.702. The Morgan fingerprint density at radius 2 is 1.67 bits per heavy atom. The molecule has 1 atom stereocenters. The van der Waals surface area contributed by atoms with E-state index in [9.17, 15) is 0 Å². The normalized spacial score (nSPS) is 14.0. The van der Waals surface area contributed by atoms with Crippen LogP contribution >= 0.6 is 22.6 Å². The monoisotopic (exact) mass is 387 g/mol. The lowest BCUT2D eigenvalue weighted by Crippen LogP contribution is -2.12. The summed E-state index contributed by atoms with van der Waals surface area (Å²) in [7, 11) is 0. The zero-order valence-corrected chi connectivity index (χ0v) is 14.5. The third kappa shape index (κ3) is 2.82. The average Bonchev–Trinajstić information content (AvgIpc) is 2.54. The number of rotatable bonds is 3. The molecule has 0 N–H and O–H groups in total. The van der Waals surface area contributed by atoms with Gasteiger partial charge in [-0.2, -0.15) is 0 Å². The molecule has 0 radical (unpaired) electrons. The van der Waals surface area contributed by atoms with Gasteiger partial charge in [-0.3, -0.25) is 4.98 Å². The fourth-order valence-corrected chi connectivity index (χ4v) is 3.05. The van der Waals surface area contributed by atoms with Crippen molar-refractivity contribution < 1.29 is 0 Å². The highest BCUT2D eigenvalue weighted by molar-refractivity contribution is 14.1. The Hall–Kier alpha value is -1.42. The largest absolute Gasteiger partial charge is 0.256 e. The van der Waals surface area contributed by atoms with E-state index in [1.807, 2.05) is 6.20 Å². The van der Waals surface area contributed by atoms with Crippen molar-refractivity contribution in [2.75, 3.05) is 0 Å². The average molecular weight is 387 g/mol. The van der Waals surface area contributed by atoms with Crippen LogP contribution in [0.1, 0.15) is 25.8 Å². The molecule has 0 fully saturated rings. The maximum atomic E-state index is 4.68. The van der Waals surface area contributed by atoms with Gasteiger partial charge < -0.3 is 0 Å². The van der Waals surface area contributed by atoms with E-state index in [4.69, 9.17) is 0 Å². The summed E-state index contributed by atoms with van der Waals surface area (Å²) in [6, 6.07) is 19.2. The summed E-state index contributed by atoms with van der Waals surface area (Å²) < 4.78 is 0.127. The van der Waals surface area contributed by atoms with Crippen LogP contribution in [0.25, 0.3) is 22.0 Å². The van der Waals surface area contributed by atoms with Crippen LogP contribution in [-0.2, 0) is 3.42 Å². The minimum absolute atomic E-state index is 0.127. The van der Waals surface area contributed by atoms with Crippen LogP contribution in [0.3, 0.4) is 0 Å². The van der Waals surface area contributed by atoms with Crippen molar-refractivity contribution in [2.45, 2.75) is 23.7 Å². The van der Waals surface area contributed by atoms with Crippen molar-refractivity contribution in [3.8, 4) is 11.3 Å². The molecule has 1 unspecified atom stereocenters. The summed E-state index contributed by atoms with van der Waals surface area (Å²) >= 11 is 2.55. The summed E-state index contributed by atoms with van der Waals surface area (Å²) in [4.78, 5) is 4.68. The van der Waals surface area contributed by atoms with Gasteiger partial charge in [0.2, 0.25) is 0 Å². The summed E-state index contributed by atoms with van der Waals surface area (Å²) in [5.41, 5.74) is 3.65. The fraction of sp³-hybridized carbons (Fsp3) is 0.211. The Balaban J connectivity index is 2.19. The molecule has 3 rings (SSSR count). The molecule has 1 heterocycles. The summed E-state index contributed by atoms with van der Waals surface area (Å²) in [6.45, 7) is 4.52. The van der Waals surface area contributed by atoms with Gasteiger partial charge in [-0.15, -0.1) is 0 Å². The molecule has 1 aromatic heterocycles. The molecule has 2 aromatic carbocycles. The van der Waals surface area contributed by atoms with Gasteiger partial charge in [0.25, 0.3) is 0 Å². The van der Waals surface area contributed by atoms with E-state index >= 15 is 0 Å². The topological polar surface area (TPSA) is 12.9 Å². The van der Waals surface area contributed by atoms with Crippen LogP contribution in [-0.4, -0.2) is 4.98 Å². The maximum absolute atomic E-state index is 4.68. The minimum Gasteiger partial charge on any atom is -0.256 e. The number of benzene rings is 2. The number of fused-ring (bicyclic) bond motifs is 1. The van der Waals surface area contributed by atoms with Crippen LogP contribution in [0.2, 0.25) is 0 Å². The molecule has 0 saturated heterocycles. The molecule has 3 aromatic rings. The van der Waals surface area contributed by atoms with Gasteiger partial charge in [0.1, 0.15) is 0 Å². The predicted octanol–water partition coefficient (Wildman–Crippen LogP) is 5.96. The van der Waals surface area contributed by atoms with Crippen LogP contribution in [0.15, 0.2) is 60.8 Å². The molecule has 0 bridgehead atoms. The number of pyridine rings is 1. The van der Waals surface area contributed by atoms with E-state index in [-0.39, 0.29) is 3.42 Å². The first kappa shape index (κ1) is 14.5. The van der Waals surface area contributed by atoms with Gasteiger partial charge >= 0.3 is 0 Å². The van der Waals surface area contributed by atoms with Gasteiger partial charge in [-0.05, 0) is 30.4 Å². The Bertz CT molecular complexity index is 777. The third-order valence-corrected chi connectivity index (χ3v) is 5.40. The van der Waals surface area contributed by atoms with Crippen molar-refractivity contribution in [1.29, 1.82) is 0 Å². The first-order valence-corrected chi connectivity index (χ1v) is 8.33. The number of nitrogens with zero attached hydrogens (tertiary/aromatic N) is 1. The second-order valence-electron chi connectivity index (χ2n) is 5.51. The molecule has 0 amide bonds. The van der Waals surface area contributed by atoms with E-state index < -0.39 is 0 Å². The molecule has 2 heteroatoms. The lowest BCUT2D eigenvalue weighted by atomic mass is 9.91. The molecule has 0 aliphatic heterocycles. The van der Waals surface area contributed by atoms with E-state index in [0.717, 1.165) is 12.1 Å².